The first-order valence-electron chi connectivity index (χ1n) is 7.92. The molecular formula is C17H19N7O. The smallest absolute Gasteiger partial charge is 0.269 e. The Morgan fingerprint density at radius 1 is 1.12 bits per heavy atom. The fourth-order valence-electron chi connectivity index (χ4n) is 2.37. The molecule has 0 saturated heterocycles. The van der Waals surface area contributed by atoms with Crippen LogP contribution in [0.3, 0.4) is 0 Å². The summed E-state index contributed by atoms with van der Waals surface area (Å²) >= 11 is 0. The number of hydrogen-bond acceptors (Lipinski definition) is 6. The maximum Gasteiger partial charge on any atom is 0.269 e. The van der Waals surface area contributed by atoms with E-state index in [0.717, 1.165) is 11.4 Å². The fraction of sp³-hybridized carbons (Fsp3) is 0.235. The Kier molecular flexibility index (Phi) is 4.98. The molecule has 0 aliphatic heterocycles. The van der Waals surface area contributed by atoms with Gasteiger partial charge in [-0.2, -0.15) is 5.10 Å². The molecule has 8 nitrogen and oxygen atoms in total. The lowest BCUT2D eigenvalue weighted by Gasteiger charge is -2.09. The van der Waals surface area contributed by atoms with E-state index in [1.807, 2.05) is 26.0 Å². The zero-order valence-electron chi connectivity index (χ0n) is 14.1. The quantitative estimate of drug-likeness (QED) is 0.662. The molecule has 0 atom stereocenters. The lowest BCUT2D eigenvalue weighted by molar-refractivity contribution is 0.0950. The van der Waals surface area contributed by atoms with Crippen molar-refractivity contribution in [1.29, 1.82) is 0 Å². The van der Waals surface area contributed by atoms with Gasteiger partial charge in [0.05, 0.1) is 5.69 Å². The molecule has 3 aromatic heterocycles. The van der Waals surface area contributed by atoms with Crippen LogP contribution in [0.25, 0.3) is 5.82 Å². The molecule has 8 heteroatoms. The normalized spacial score (nSPS) is 10.5. The Morgan fingerprint density at radius 2 is 2.00 bits per heavy atom. The highest BCUT2D eigenvalue weighted by atomic mass is 16.1. The van der Waals surface area contributed by atoms with Crippen molar-refractivity contribution < 1.29 is 4.79 Å². The topological polar surface area (TPSA) is 97.6 Å². The van der Waals surface area contributed by atoms with Gasteiger partial charge < -0.3 is 10.6 Å². The Bertz CT molecular complexity index is 860. The van der Waals surface area contributed by atoms with Crippen molar-refractivity contribution in [1.82, 2.24) is 30.0 Å². The number of carbonyl (C=O) groups is 1. The second-order valence-electron chi connectivity index (χ2n) is 5.50. The predicted molar refractivity (Wildman–Crippen MR) is 93.7 cm³/mol. The van der Waals surface area contributed by atoms with Crippen molar-refractivity contribution in [3.8, 4) is 5.82 Å². The van der Waals surface area contributed by atoms with Gasteiger partial charge in [0.25, 0.3) is 5.91 Å². The van der Waals surface area contributed by atoms with Crippen molar-refractivity contribution in [3.63, 3.8) is 0 Å². The molecular weight excluding hydrogens is 318 g/mol. The summed E-state index contributed by atoms with van der Waals surface area (Å²) in [5.41, 5.74) is 2.34. The summed E-state index contributed by atoms with van der Waals surface area (Å²) in [4.78, 5) is 24.3. The van der Waals surface area contributed by atoms with E-state index in [0.29, 0.717) is 30.4 Å². The van der Waals surface area contributed by atoms with Gasteiger partial charge in [-0.25, -0.2) is 14.6 Å². The molecule has 0 aliphatic rings. The van der Waals surface area contributed by atoms with Gasteiger partial charge in [0.2, 0.25) is 0 Å². The van der Waals surface area contributed by atoms with Crippen LogP contribution in [0.5, 0.6) is 0 Å². The SMILES string of the molecule is Cc1cc(C)n(-c2cc(NCCNC(=O)c3ccccn3)ncn2)n1. The second kappa shape index (κ2) is 7.52. The number of amides is 1. The van der Waals surface area contributed by atoms with E-state index in [1.165, 1.54) is 6.33 Å². The highest BCUT2D eigenvalue weighted by molar-refractivity contribution is 5.92. The minimum absolute atomic E-state index is 0.201. The molecule has 3 aromatic rings. The Hall–Kier alpha value is -3.29. The van der Waals surface area contributed by atoms with Gasteiger partial charge in [0, 0.05) is 31.0 Å². The van der Waals surface area contributed by atoms with Crippen LogP contribution in [0.15, 0.2) is 42.9 Å². The van der Waals surface area contributed by atoms with Gasteiger partial charge in [0.15, 0.2) is 5.82 Å². The number of aryl methyl sites for hydroxylation is 2. The summed E-state index contributed by atoms with van der Waals surface area (Å²) < 4.78 is 1.77. The number of rotatable bonds is 6. The zero-order chi connectivity index (χ0) is 17.6. The van der Waals surface area contributed by atoms with Gasteiger partial charge in [-0.3, -0.25) is 9.78 Å². The highest BCUT2D eigenvalue weighted by Gasteiger charge is 2.07. The minimum Gasteiger partial charge on any atom is -0.368 e. The number of carbonyl (C=O) groups excluding carboxylic acids is 1. The van der Waals surface area contributed by atoms with Crippen LogP contribution in [-0.4, -0.2) is 43.7 Å². The summed E-state index contributed by atoms with van der Waals surface area (Å²) in [6, 6.07) is 9.03. The first-order chi connectivity index (χ1) is 12.1. The molecule has 3 rings (SSSR count). The van der Waals surface area contributed by atoms with Crippen LogP contribution < -0.4 is 10.6 Å². The van der Waals surface area contributed by atoms with E-state index in [4.69, 9.17) is 0 Å². The van der Waals surface area contributed by atoms with Gasteiger partial charge in [-0.05, 0) is 32.0 Å². The lowest BCUT2D eigenvalue weighted by Crippen LogP contribution is -2.29. The van der Waals surface area contributed by atoms with Gasteiger partial charge in [-0.1, -0.05) is 6.07 Å². The monoisotopic (exact) mass is 337 g/mol. The molecule has 0 aliphatic carbocycles. The lowest BCUT2D eigenvalue weighted by atomic mass is 10.3. The maximum atomic E-state index is 11.9. The predicted octanol–water partition coefficient (Wildman–Crippen LogP) is 1.52. The average molecular weight is 337 g/mol. The van der Waals surface area contributed by atoms with Crippen molar-refractivity contribution in [2.24, 2.45) is 0 Å². The fourth-order valence-corrected chi connectivity index (χ4v) is 2.37. The number of pyridine rings is 1. The molecule has 0 unspecified atom stereocenters. The second-order valence-corrected chi connectivity index (χ2v) is 5.50. The standard InChI is InChI=1S/C17H19N7O/c1-12-9-13(2)24(23-12)16-10-15(21-11-22-16)19-7-8-20-17(25)14-5-3-4-6-18-14/h3-6,9-11H,7-8H2,1-2H3,(H,20,25)(H,19,21,22). The van der Waals surface area contributed by atoms with E-state index in [1.54, 1.807) is 29.1 Å². The van der Waals surface area contributed by atoms with E-state index in [-0.39, 0.29) is 5.91 Å². The van der Waals surface area contributed by atoms with Gasteiger partial charge in [0.1, 0.15) is 17.8 Å². The molecule has 2 N–H and O–H groups in total. The Balaban J connectivity index is 1.55. The average Bonchev–Trinajstić information content (AvgIpc) is 2.98. The van der Waals surface area contributed by atoms with Crippen molar-refractivity contribution in [3.05, 3.63) is 59.9 Å². The largest absolute Gasteiger partial charge is 0.368 e. The molecule has 25 heavy (non-hydrogen) atoms. The zero-order valence-corrected chi connectivity index (χ0v) is 14.1. The van der Waals surface area contributed by atoms with Crippen molar-refractivity contribution >= 4 is 11.7 Å². The van der Waals surface area contributed by atoms with Gasteiger partial charge >= 0.3 is 0 Å². The third-order valence-electron chi connectivity index (χ3n) is 3.49. The number of anilines is 1. The summed E-state index contributed by atoms with van der Waals surface area (Å²) in [6.45, 7) is 4.90. The summed E-state index contributed by atoms with van der Waals surface area (Å²) in [7, 11) is 0. The third kappa shape index (κ3) is 4.17. The van der Waals surface area contributed by atoms with Crippen LogP contribution in [0.1, 0.15) is 21.9 Å². The van der Waals surface area contributed by atoms with E-state index < -0.39 is 0 Å². The Labute approximate surface area is 145 Å². The number of nitrogens with one attached hydrogen (secondary N) is 2. The number of aromatic nitrogens is 5. The maximum absolute atomic E-state index is 11.9. The molecule has 0 bridgehead atoms. The molecule has 0 aromatic carbocycles. The van der Waals surface area contributed by atoms with Crippen LogP contribution in [-0.2, 0) is 0 Å². The minimum atomic E-state index is -0.201. The summed E-state index contributed by atoms with van der Waals surface area (Å²) in [5, 5.41) is 10.4. The van der Waals surface area contributed by atoms with E-state index in [9.17, 15) is 4.79 Å². The summed E-state index contributed by atoms with van der Waals surface area (Å²) in [5.74, 6) is 1.17. The van der Waals surface area contributed by atoms with Crippen molar-refractivity contribution in [2.75, 3.05) is 18.4 Å². The summed E-state index contributed by atoms with van der Waals surface area (Å²) in [6.07, 6.45) is 3.08. The van der Waals surface area contributed by atoms with Crippen LogP contribution in [0, 0.1) is 13.8 Å². The van der Waals surface area contributed by atoms with Crippen LogP contribution >= 0.6 is 0 Å². The molecule has 0 spiro atoms. The van der Waals surface area contributed by atoms with E-state index in [2.05, 4.69) is 30.7 Å². The van der Waals surface area contributed by atoms with Crippen LogP contribution in [0.4, 0.5) is 5.82 Å². The molecule has 0 fully saturated rings. The number of hydrogen-bond donors (Lipinski definition) is 2. The third-order valence-corrected chi connectivity index (χ3v) is 3.49. The highest BCUT2D eigenvalue weighted by Crippen LogP contribution is 2.11. The molecule has 128 valence electrons. The van der Waals surface area contributed by atoms with Crippen LogP contribution in [0.2, 0.25) is 0 Å². The number of nitrogens with zero attached hydrogens (tertiary/aromatic N) is 5. The first kappa shape index (κ1) is 16.6. The molecule has 1 amide bonds. The first-order valence-corrected chi connectivity index (χ1v) is 7.92. The Morgan fingerprint density at radius 3 is 2.72 bits per heavy atom. The van der Waals surface area contributed by atoms with Crippen molar-refractivity contribution in [2.45, 2.75) is 13.8 Å². The molecule has 3 heterocycles. The molecule has 0 radical (unpaired) electrons. The molecule has 0 saturated carbocycles. The van der Waals surface area contributed by atoms with E-state index >= 15 is 0 Å². The van der Waals surface area contributed by atoms with Gasteiger partial charge in [-0.15, -0.1) is 0 Å².